The minimum atomic E-state index is 0.777. The highest BCUT2D eigenvalue weighted by molar-refractivity contribution is 5.12. The molecule has 68 valence electrons. The molecule has 0 unspecified atom stereocenters. The third kappa shape index (κ3) is 1.27. The van der Waals surface area contributed by atoms with E-state index >= 15 is 0 Å². The molecule has 0 saturated heterocycles. The fourth-order valence-corrected chi connectivity index (χ4v) is 3.02. The molecule has 0 radical (unpaired) electrons. The summed E-state index contributed by atoms with van der Waals surface area (Å²) in [4.78, 5) is 4.46. The van der Waals surface area contributed by atoms with Gasteiger partial charge in [-0.15, -0.1) is 0 Å². The molecule has 3 aliphatic rings. The zero-order valence-electron chi connectivity index (χ0n) is 7.82. The standard InChI is InChI=1S/C12H15N/c1-2-4-13-12(3-1)11-7-9-5-10(6-9)8-11/h1-4,9-11H,5-8H2. The van der Waals surface area contributed by atoms with Crippen LogP contribution in [0, 0.1) is 11.8 Å². The van der Waals surface area contributed by atoms with E-state index in [0.29, 0.717) is 0 Å². The number of nitrogens with zero attached hydrogens (tertiary/aromatic N) is 1. The van der Waals surface area contributed by atoms with E-state index in [-0.39, 0.29) is 0 Å². The van der Waals surface area contributed by atoms with E-state index in [1.165, 1.54) is 31.4 Å². The first-order chi connectivity index (χ1) is 6.42. The summed E-state index contributed by atoms with van der Waals surface area (Å²) in [5.74, 6) is 2.84. The van der Waals surface area contributed by atoms with Crippen LogP contribution >= 0.6 is 0 Å². The van der Waals surface area contributed by atoms with Crippen molar-refractivity contribution in [2.45, 2.75) is 31.6 Å². The molecule has 0 N–H and O–H groups in total. The van der Waals surface area contributed by atoms with E-state index < -0.39 is 0 Å². The highest BCUT2D eigenvalue weighted by Crippen LogP contribution is 2.50. The Morgan fingerprint density at radius 2 is 1.77 bits per heavy atom. The van der Waals surface area contributed by atoms with Crippen molar-refractivity contribution in [3.8, 4) is 0 Å². The Hall–Kier alpha value is -0.850. The van der Waals surface area contributed by atoms with Gasteiger partial charge in [-0.25, -0.2) is 0 Å². The number of rotatable bonds is 1. The molecular formula is C12H15N. The summed E-state index contributed by atoms with van der Waals surface area (Å²) in [5.41, 5.74) is 1.33. The molecule has 0 atom stereocenters. The number of hydrogen-bond donors (Lipinski definition) is 0. The summed E-state index contributed by atoms with van der Waals surface area (Å²) in [7, 11) is 0. The van der Waals surface area contributed by atoms with Crippen molar-refractivity contribution in [2.24, 2.45) is 11.8 Å². The van der Waals surface area contributed by atoms with E-state index in [4.69, 9.17) is 0 Å². The second-order valence-electron chi connectivity index (χ2n) is 4.63. The zero-order valence-corrected chi connectivity index (χ0v) is 7.82. The molecule has 0 spiro atoms. The smallest absolute Gasteiger partial charge is 0.0434 e. The molecule has 13 heavy (non-hydrogen) atoms. The molecule has 1 heteroatoms. The highest BCUT2D eigenvalue weighted by Gasteiger charge is 2.38. The van der Waals surface area contributed by atoms with Crippen LogP contribution in [0.15, 0.2) is 24.4 Å². The molecule has 1 aromatic rings. The van der Waals surface area contributed by atoms with Crippen LogP contribution in [0.5, 0.6) is 0 Å². The molecule has 0 amide bonds. The molecular weight excluding hydrogens is 158 g/mol. The maximum Gasteiger partial charge on any atom is 0.0434 e. The van der Waals surface area contributed by atoms with Gasteiger partial charge in [-0.3, -0.25) is 4.98 Å². The van der Waals surface area contributed by atoms with Crippen LogP contribution in [0.25, 0.3) is 0 Å². The summed E-state index contributed by atoms with van der Waals surface area (Å²) < 4.78 is 0. The second-order valence-corrected chi connectivity index (χ2v) is 4.63. The average molecular weight is 173 g/mol. The lowest BCUT2D eigenvalue weighted by Gasteiger charge is -2.45. The lowest BCUT2D eigenvalue weighted by atomic mass is 9.61. The Balaban J connectivity index is 1.79. The summed E-state index contributed by atoms with van der Waals surface area (Å²) in [6, 6.07) is 6.31. The molecule has 0 aliphatic heterocycles. The summed E-state index contributed by atoms with van der Waals surface area (Å²) in [6.45, 7) is 0. The van der Waals surface area contributed by atoms with Crippen molar-refractivity contribution in [3.63, 3.8) is 0 Å². The molecule has 3 fully saturated rings. The van der Waals surface area contributed by atoms with Crippen molar-refractivity contribution >= 4 is 0 Å². The van der Waals surface area contributed by atoms with Crippen molar-refractivity contribution in [3.05, 3.63) is 30.1 Å². The van der Waals surface area contributed by atoms with Crippen LogP contribution in [0.4, 0.5) is 0 Å². The number of pyridine rings is 1. The second kappa shape index (κ2) is 2.83. The van der Waals surface area contributed by atoms with Gasteiger partial charge in [0, 0.05) is 17.8 Å². The third-order valence-corrected chi connectivity index (χ3v) is 3.68. The third-order valence-electron chi connectivity index (χ3n) is 3.68. The Morgan fingerprint density at radius 3 is 2.38 bits per heavy atom. The lowest BCUT2D eigenvalue weighted by Crippen LogP contribution is -2.33. The minimum Gasteiger partial charge on any atom is -0.261 e. The maximum atomic E-state index is 4.46. The van der Waals surface area contributed by atoms with E-state index in [9.17, 15) is 0 Å². The molecule has 4 rings (SSSR count). The number of fused-ring (bicyclic) bond motifs is 2. The van der Waals surface area contributed by atoms with Crippen LogP contribution in [0.2, 0.25) is 0 Å². The first-order valence-corrected chi connectivity index (χ1v) is 5.33. The van der Waals surface area contributed by atoms with Crippen LogP contribution in [-0.4, -0.2) is 4.98 Å². The van der Waals surface area contributed by atoms with Crippen LogP contribution in [-0.2, 0) is 0 Å². The summed E-state index contributed by atoms with van der Waals surface area (Å²) in [6.07, 6.45) is 7.73. The Labute approximate surface area is 79.2 Å². The Morgan fingerprint density at radius 1 is 1.00 bits per heavy atom. The van der Waals surface area contributed by atoms with Gasteiger partial charge in [-0.05, 0) is 49.7 Å². The first-order valence-electron chi connectivity index (χ1n) is 5.33. The topological polar surface area (TPSA) is 12.9 Å². The summed E-state index contributed by atoms with van der Waals surface area (Å²) in [5, 5.41) is 0. The van der Waals surface area contributed by atoms with Crippen molar-refractivity contribution in [2.75, 3.05) is 0 Å². The predicted molar refractivity (Wildman–Crippen MR) is 52.4 cm³/mol. The van der Waals surface area contributed by atoms with Gasteiger partial charge in [-0.2, -0.15) is 0 Å². The largest absolute Gasteiger partial charge is 0.261 e. The monoisotopic (exact) mass is 173 g/mol. The predicted octanol–water partition coefficient (Wildman–Crippen LogP) is 2.99. The van der Waals surface area contributed by atoms with Gasteiger partial charge >= 0.3 is 0 Å². The van der Waals surface area contributed by atoms with Gasteiger partial charge in [0.25, 0.3) is 0 Å². The SMILES string of the molecule is c1ccc(C2CC3CC(C3)C2)nc1. The van der Waals surface area contributed by atoms with Crippen LogP contribution in [0.1, 0.15) is 37.3 Å². The van der Waals surface area contributed by atoms with Crippen LogP contribution in [0.3, 0.4) is 0 Å². The van der Waals surface area contributed by atoms with Gasteiger partial charge in [0.2, 0.25) is 0 Å². The fraction of sp³-hybridized carbons (Fsp3) is 0.583. The van der Waals surface area contributed by atoms with Crippen molar-refractivity contribution in [1.29, 1.82) is 0 Å². The molecule has 0 aromatic carbocycles. The van der Waals surface area contributed by atoms with E-state index in [1.54, 1.807) is 0 Å². The highest BCUT2D eigenvalue weighted by atomic mass is 14.7. The van der Waals surface area contributed by atoms with Crippen molar-refractivity contribution < 1.29 is 0 Å². The number of aromatic nitrogens is 1. The van der Waals surface area contributed by atoms with Crippen molar-refractivity contribution in [1.82, 2.24) is 4.98 Å². The lowest BCUT2D eigenvalue weighted by molar-refractivity contribution is 0.0952. The minimum absolute atomic E-state index is 0.777. The first kappa shape index (κ1) is 7.54. The van der Waals surface area contributed by atoms with Gasteiger partial charge in [0.1, 0.15) is 0 Å². The van der Waals surface area contributed by atoms with E-state index in [2.05, 4.69) is 17.1 Å². The molecule has 1 nitrogen and oxygen atoms in total. The zero-order chi connectivity index (χ0) is 8.67. The van der Waals surface area contributed by atoms with Crippen LogP contribution < -0.4 is 0 Å². The fourth-order valence-electron chi connectivity index (χ4n) is 3.02. The number of hydrogen-bond acceptors (Lipinski definition) is 1. The molecule has 3 saturated carbocycles. The maximum absolute atomic E-state index is 4.46. The Kier molecular flexibility index (Phi) is 1.64. The van der Waals surface area contributed by atoms with E-state index in [0.717, 1.165) is 17.8 Å². The van der Waals surface area contributed by atoms with Gasteiger partial charge < -0.3 is 0 Å². The molecule has 2 bridgehead atoms. The van der Waals surface area contributed by atoms with E-state index in [1.807, 2.05) is 12.3 Å². The average Bonchev–Trinajstić information content (AvgIpc) is 2.18. The quantitative estimate of drug-likeness (QED) is 0.636. The molecule has 1 aromatic heterocycles. The molecule has 1 heterocycles. The summed E-state index contributed by atoms with van der Waals surface area (Å²) >= 11 is 0. The molecule has 3 aliphatic carbocycles. The van der Waals surface area contributed by atoms with Gasteiger partial charge in [-0.1, -0.05) is 6.07 Å². The Bertz CT molecular complexity index is 277. The van der Waals surface area contributed by atoms with Gasteiger partial charge in [0.15, 0.2) is 0 Å². The van der Waals surface area contributed by atoms with Gasteiger partial charge in [0.05, 0.1) is 0 Å². The normalized spacial score (nSPS) is 36.8.